The summed E-state index contributed by atoms with van der Waals surface area (Å²) >= 11 is 11.9. The van der Waals surface area contributed by atoms with E-state index in [-0.39, 0.29) is 0 Å². The van der Waals surface area contributed by atoms with Gasteiger partial charge in [0.05, 0.1) is 12.7 Å². The highest BCUT2D eigenvalue weighted by atomic mass is 35.5. The molecule has 0 fully saturated rings. The van der Waals surface area contributed by atoms with Gasteiger partial charge in [-0.15, -0.1) is 0 Å². The molecule has 4 rings (SSSR count). The molecule has 0 unspecified atom stereocenters. The standard InChI is InChI=1S/C24H17Cl2NO4/c1-29-22-13-16(4-11-21(22)30-14-15-2-7-18(25)8-3-15)12-20-23(27-31-24(20)28)17-5-9-19(26)10-6-17/h2-13H,14H2,1H3/b20-12-. The van der Waals surface area contributed by atoms with Crippen LogP contribution < -0.4 is 9.47 Å². The number of hydrogen-bond donors (Lipinski definition) is 0. The molecule has 0 saturated heterocycles. The van der Waals surface area contributed by atoms with Crippen molar-refractivity contribution in [3.05, 3.63) is 99.0 Å². The fourth-order valence-corrected chi connectivity index (χ4v) is 3.28. The maximum absolute atomic E-state index is 12.2. The third-order valence-electron chi connectivity index (χ3n) is 4.62. The van der Waals surface area contributed by atoms with E-state index in [4.69, 9.17) is 37.5 Å². The molecule has 0 bridgehead atoms. The molecular formula is C24H17Cl2NO4. The number of nitrogens with zero attached hydrogens (tertiary/aromatic N) is 1. The summed E-state index contributed by atoms with van der Waals surface area (Å²) in [5.41, 5.74) is 3.25. The zero-order chi connectivity index (χ0) is 21.8. The minimum absolute atomic E-state index is 0.346. The largest absolute Gasteiger partial charge is 0.493 e. The first kappa shape index (κ1) is 21.0. The summed E-state index contributed by atoms with van der Waals surface area (Å²) < 4.78 is 11.4. The van der Waals surface area contributed by atoms with E-state index in [1.165, 1.54) is 0 Å². The highest BCUT2D eigenvalue weighted by molar-refractivity contribution is 6.32. The van der Waals surface area contributed by atoms with Gasteiger partial charge in [0.25, 0.3) is 0 Å². The number of oxime groups is 1. The van der Waals surface area contributed by atoms with Crippen LogP contribution in [0.15, 0.2) is 77.5 Å². The number of methoxy groups -OCH3 is 1. The van der Waals surface area contributed by atoms with Gasteiger partial charge < -0.3 is 14.3 Å². The highest BCUT2D eigenvalue weighted by Gasteiger charge is 2.27. The fraction of sp³-hybridized carbons (Fsp3) is 0.0833. The number of hydrogen-bond acceptors (Lipinski definition) is 5. The quantitative estimate of drug-likeness (QED) is 0.343. The van der Waals surface area contributed by atoms with Crippen molar-refractivity contribution in [3.8, 4) is 11.5 Å². The van der Waals surface area contributed by atoms with E-state index in [9.17, 15) is 4.79 Å². The van der Waals surface area contributed by atoms with Crippen LogP contribution in [0.4, 0.5) is 0 Å². The van der Waals surface area contributed by atoms with Gasteiger partial charge in [-0.2, -0.15) is 0 Å². The minimum Gasteiger partial charge on any atom is -0.493 e. The van der Waals surface area contributed by atoms with E-state index in [1.54, 1.807) is 49.6 Å². The number of carbonyl (C=O) groups is 1. The second-order valence-corrected chi connectivity index (χ2v) is 7.58. The summed E-state index contributed by atoms with van der Waals surface area (Å²) in [5.74, 6) is 0.604. The second kappa shape index (κ2) is 9.25. The average Bonchev–Trinajstić information content (AvgIpc) is 3.14. The number of ether oxygens (including phenoxy) is 2. The molecule has 0 amide bonds. The Bertz CT molecular complexity index is 1170. The minimum atomic E-state index is -0.521. The van der Waals surface area contributed by atoms with Crippen LogP contribution in [0.5, 0.6) is 11.5 Å². The highest BCUT2D eigenvalue weighted by Crippen LogP contribution is 2.31. The van der Waals surface area contributed by atoms with Gasteiger partial charge in [0.15, 0.2) is 11.5 Å². The third-order valence-corrected chi connectivity index (χ3v) is 5.12. The van der Waals surface area contributed by atoms with Gasteiger partial charge in [-0.3, -0.25) is 0 Å². The first-order chi connectivity index (χ1) is 15.0. The lowest BCUT2D eigenvalue weighted by atomic mass is 10.0. The Labute approximate surface area is 189 Å². The molecular weight excluding hydrogens is 437 g/mol. The number of rotatable bonds is 6. The first-order valence-corrected chi connectivity index (χ1v) is 10.1. The zero-order valence-electron chi connectivity index (χ0n) is 16.5. The zero-order valence-corrected chi connectivity index (χ0v) is 18.0. The maximum atomic E-state index is 12.2. The van der Waals surface area contributed by atoms with Crippen molar-refractivity contribution in [1.82, 2.24) is 0 Å². The van der Waals surface area contributed by atoms with Crippen LogP contribution in [-0.4, -0.2) is 18.8 Å². The van der Waals surface area contributed by atoms with Crippen molar-refractivity contribution in [3.63, 3.8) is 0 Å². The van der Waals surface area contributed by atoms with E-state index < -0.39 is 5.97 Å². The molecule has 0 atom stereocenters. The van der Waals surface area contributed by atoms with Gasteiger partial charge in [-0.25, -0.2) is 4.79 Å². The van der Waals surface area contributed by atoms with E-state index >= 15 is 0 Å². The van der Waals surface area contributed by atoms with Crippen LogP contribution >= 0.6 is 23.2 Å². The first-order valence-electron chi connectivity index (χ1n) is 9.36. The molecule has 156 valence electrons. The SMILES string of the molecule is COc1cc(/C=C2\C(=O)ON=C2c2ccc(Cl)cc2)ccc1OCc1ccc(Cl)cc1. The van der Waals surface area contributed by atoms with Gasteiger partial charge in [-0.05, 0) is 53.6 Å². The van der Waals surface area contributed by atoms with Gasteiger partial charge in [0, 0.05) is 15.6 Å². The lowest BCUT2D eigenvalue weighted by molar-refractivity contribution is -0.136. The van der Waals surface area contributed by atoms with Gasteiger partial charge in [0.1, 0.15) is 12.3 Å². The molecule has 3 aromatic rings. The summed E-state index contributed by atoms with van der Waals surface area (Å²) in [6.45, 7) is 0.369. The molecule has 1 aliphatic rings. The molecule has 0 aliphatic carbocycles. The topological polar surface area (TPSA) is 57.1 Å². The van der Waals surface area contributed by atoms with Crippen LogP contribution in [-0.2, 0) is 16.2 Å². The molecule has 0 radical (unpaired) electrons. The van der Waals surface area contributed by atoms with Crippen LogP contribution in [0.3, 0.4) is 0 Å². The van der Waals surface area contributed by atoms with Crippen molar-refractivity contribution in [2.45, 2.75) is 6.61 Å². The van der Waals surface area contributed by atoms with Crippen molar-refractivity contribution < 1.29 is 19.1 Å². The molecule has 0 N–H and O–H groups in total. The summed E-state index contributed by atoms with van der Waals surface area (Å²) in [6.07, 6.45) is 1.70. The summed E-state index contributed by atoms with van der Waals surface area (Å²) in [4.78, 5) is 17.1. The van der Waals surface area contributed by atoms with Crippen LogP contribution in [0.2, 0.25) is 10.0 Å². The Balaban J connectivity index is 1.57. The molecule has 1 aliphatic heterocycles. The number of carbonyl (C=O) groups excluding carboxylic acids is 1. The van der Waals surface area contributed by atoms with Crippen molar-refractivity contribution >= 4 is 41.0 Å². The predicted molar refractivity (Wildman–Crippen MR) is 121 cm³/mol. The van der Waals surface area contributed by atoms with Crippen LogP contribution in [0.1, 0.15) is 16.7 Å². The molecule has 3 aromatic carbocycles. The normalized spacial score (nSPS) is 14.4. The van der Waals surface area contributed by atoms with Crippen molar-refractivity contribution in [2.24, 2.45) is 5.16 Å². The summed E-state index contributed by atoms with van der Waals surface area (Å²) in [6, 6.07) is 19.9. The van der Waals surface area contributed by atoms with Crippen molar-refractivity contribution in [2.75, 3.05) is 7.11 Å². The molecule has 31 heavy (non-hydrogen) atoms. The smallest absolute Gasteiger partial charge is 0.368 e. The molecule has 0 aromatic heterocycles. The predicted octanol–water partition coefficient (Wildman–Crippen LogP) is 5.93. The van der Waals surface area contributed by atoms with Crippen molar-refractivity contribution in [1.29, 1.82) is 0 Å². The average molecular weight is 454 g/mol. The molecule has 1 heterocycles. The third kappa shape index (κ3) is 4.90. The van der Waals surface area contributed by atoms with E-state index in [0.717, 1.165) is 16.7 Å². The maximum Gasteiger partial charge on any atom is 0.368 e. The fourth-order valence-electron chi connectivity index (χ4n) is 3.03. The van der Waals surface area contributed by atoms with E-state index in [2.05, 4.69) is 5.16 Å². The summed E-state index contributed by atoms with van der Waals surface area (Å²) in [5, 5.41) is 5.18. The Morgan fingerprint density at radius 1 is 0.935 bits per heavy atom. The van der Waals surface area contributed by atoms with Gasteiger partial charge in [-0.1, -0.05) is 58.7 Å². The Hall–Kier alpha value is -3.28. The molecule has 5 nitrogen and oxygen atoms in total. The monoisotopic (exact) mass is 453 g/mol. The Morgan fingerprint density at radius 2 is 1.61 bits per heavy atom. The molecule has 0 spiro atoms. The van der Waals surface area contributed by atoms with Gasteiger partial charge in [0.2, 0.25) is 0 Å². The van der Waals surface area contributed by atoms with E-state index in [1.807, 2.05) is 30.3 Å². The lowest BCUT2D eigenvalue weighted by Crippen LogP contribution is -2.06. The summed E-state index contributed by atoms with van der Waals surface area (Å²) in [7, 11) is 1.56. The van der Waals surface area contributed by atoms with Crippen LogP contribution in [0, 0.1) is 0 Å². The lowest BCUT2D eigenvalue weighted by Gasteiger charge is -2.12. The molecule has 7 heteroatoms. The number of benzene rings is 3. The van der Waals surface area contributed by atoms with Gasteiger partial charge >= 0.3 is 5.97 Å². The second-order valence-electron chi connectivity index (χ2n) is 6.71. The molecule has 0 saturated carbocycles. The Morgan fingerprint density at radius 3 is 2.29 bits per heavy atom. The Kier molecular flexibility index (Phi) is 6.26. The van der Waals surface area contributed by atoms with E-state index in [0.29, 0.717) is 39.4 Å². The van der Waals surface area contributed by atoms with Crippen LogP contribution in [0.25, 0.3) is 6.08 Å². The number of halogens is 2.